The molecule has 0 fully saturated rings. The monoisotopic (exact) mass is 457 g/mol. The molecule has 1 heterocycles. The predicted molar refractivity (Wildman–Crippen MR) is 141 cm³/mol. The number of nitrogens with one attached hydrogen (secondary N) is 1. The summed E-state index contributed by atoms with van der Waals surface area (Å²) in [7, 11) is 0. The number of anilines is 1. The van der Waals surface area contributed by atoms with Crippen molar-refractivity contribution < 1.29 is 0 Å². The van der Waals surface area contributed by atoms with Gasteiger partial charge in [-0.25, -0.2) is 0 Å². The van der Waals surface area contributed by atoms with Crippen LogP contribution in [0.2, 0.25) is 5.02 Å². The molecule has 0 aliphatic rings. The van der Waals surface area contributed by atoms with Crippen LogP contribution < -0.4 is 5.32 Å². The second-order valence-electron chi connectivity index (χ2n) is 8.50. The van der Waals surface area contributed by atoms with Gasteiger partial charge in [0.2, 0.25) is 0 Å². The molecule has 0 radical (unpaired) electrons. The molecule has 0 bridgehead atoms. The third-order valence-corrected chi connectivity index (χ3v) is 6.19. The number of benzene rings is 3. The van der Waals surface area contributed by atoms with Crippen molar-refractivity contribution in [2.24, 2.45) is 0 Å². The van der Waals surface area contributed by atoms with Gasteiger partial charge in [-0.05, 0) is 74.2 Å². The van der Waals surface area contributed by atoms with Crippen molar-refractivity contribution in [3.05, 3.63) is 107 Å². The SMILES string of the molecule is Clc1ccc2c(NCCCCN(CCCc3ccccc3)Cc3ccccc3)ccnc2c1. The standard InChI is InChI=1S/C29H32ClN3/c30-26-15-16-27-28(17-19-32-29(27)22-26)31-18-7-8-20-33(23-25-12-5-2-6-13-25)21-9-14-24-10-3-1-4-11-24/h1-6,10-13,15-17,19,22H,7-9,14,18,20-21,23H2,(H,31,32). The van der Waals surface area contributed by atoms with Gasteiger partial charge in [0.1, 0.15) is 0 Å². The van der Waals surface area contributed by atoms with Gasteiger partial charge in [0.15, 0.2) is 0 Å². The largest absolute Gasteiger partial charge is 0.384 e. The highest BCUT2D eigenvalue weighted by Gasteiger charge is 2.07. The van der Waals surface area contributed by atoms with Crippen molar-refractivity contribution in [3.63, 3.8) is 0 Å². The number of hydrogen-bond acceptors (Lipinski definition) is 3. The summed E-state index contributed by atoms with van der Waals surface area (Å²) in [5.41, 5.74) is 4.87. The van der Waals surface area contributed by atoms with Crippen LogP contribution >= 0.6 is 11.6 Å². The number of hydrogen-bond donors (Lipinski definition) is 1. The van der Waals surface area contributed by atoms with Crippen LogP contribution in [0.15, 0.2) is 91.1 Å². The van der Waals surface area contributed by atoms with Gasteiger partial charge in [0.25, 0.3) is 0 Å². The molecule has 4 rings (SSSR count). The van der Waals surface area contributed by atoms with Crippen LogP contribution in [0.5, 0.6) is 0 Å². The number of unbranched alkanes of at least 4 members (excludes halogenated alkanes) is 1. The summed E-state index contributed by atoms with van der Waals surface area (Å²) in [5, 5.41) is 5.43. The maximum atomic E-state index is 6.11. The number of pyridine rings is 1. The number of halogens is 1. The number of rotatable bonds is 12. The van der Waals surface area contributed by atoms with E-state index >= 15 is 0 Å². The summed E-state index contributed by atoms with van der Waals surface area (Å²) in [5.74, 6) is 0. The molecule has 0 saturated carbocycles. The summed E-state index contributed by atoms with van der Waals surface area (Å²) in [6, 6.07) is 29.5. The first kappa shape index (κ1) is 23.3. The second-order valence-corrected chi connectivity index (χ2v) is 8.94. The molecule has 4 aromatic rings. The van der Waals surface area contributed by atoms with E-state index in [9.17, 15) is 0 Å². The Labute approximate surface area is 202 Å². The number of nitrogens with zero attached hydrogens (tertiary/aromatic N) is 2. The van der Waals surface area contributed by atoms with Gasteiger partial charge >= 0.3 is 0 Å². The maximum absolute atomic E-state index is 6.11. The van der Waals surface area contributed by atoms with Crippen molar-refractivity contribution in [3.8, 4) is 0 Å². The van der Waals surface area contributed by atoms with Crippen LogP contribution in [-0.2, 0) is 13.0 Å². The van der Waals surface area contributed by atoms with Crippen LogP contribution in [-0.4, -0.2) is 29.5 Å². The molecule has 0 saturated heterocycles. The smallest absolute Gasteiger partial charge is 0.0737 e. The van der Waals surface area contributed by atoms with Crippen molar-refractivity contribution in [1.29, 1.82) is 0 Å². The van der Waals surface area contributed by atoms with Crippen molar-refractivity contribution >= 4 is 28.2 Å². The Hall–Kier alpha value is -2.88. The summed E-state index contributed by atoms with van der Waals surface area (Å²) < 4.78 is 0. The lowest BCUT2D eigenvalue weighted by molar-refractivity contribution is 0.257. The fourth-order valence-corrected chi connectivity index (χ4v) is 4.39. The van der Waals surface area contributed by atoms with E-state index in [1.165, 1.54) is 24.0 Å². The average molecular weight is 458 g/mol. The molecular weight excluding hydrogens is 426 g/mol. The summed E-state index contributed by atoms with van der Waals surface area (Å²) >= 11 is 6.11. The van der Waals surface area contributed by atoms with E-state index in [4.69, 9.17) is 11.6 Å². The number of aromatic nitrogens is 1. The maximum Gasteiger partial charge on any atom is 0.0737 e. The van der Waals surface area contributed by atoms with Gasteiger partial charge in [0, 0.05) is 35.4 Å². The van der Waals surface area contributed by atoms with Gasteiger partial charge in [-0.15, -0.1) is 0 Å². The first-order valence-corrected chi connectivity index (χ1v) is 12.2. The van der Waals surface area contributed by atoms with E-state index in [-0.39, 0.29) is 0 Å². The molecule has 0 aliphatic carbocycles. The molecule has 3 aromatic carbocycles. The number of fused-ring (bicyclic) bond motifs is 1. The topological polar surface area (TPSA) is 28.2 Å². The Bertz CT molecular complexity index is 1120. The second kappa shape index (κ2) is 12.4. The summed E-state index contributed by atoms with van der Waals surface area (Å²) in [4.78, 5) is 7.03. The quantitative estimate of drug-likeness (QED) is 0.228. The minimum absolute atomic E-state index is 0.720. The molecule has 0 spiro atoms. The molecule has 0 atom stereocenters. The van der Waals surface area contributed by atoms with E-state index in [1.807, 2.05) is 30.5 Å². The van der Waals surface area contributed by atoms with Crippen LogP contribution in [0.4, 0.5) is 5.69 Å². The summed E-state index contributed by atoms with van der Waals surface area (Å²) in [6.45, 7) is 4.19. The molecule has 1 N–H and O–H groups in total. The van der Waals surface area contributed by atoms with E-state index in [0.717, 1.165) is 60.6 Å². The third kappa shape index (κ3) is 7.31. The number of aryl methyl sites for hydroxylation is 1. The normalized spacial score (nSPS) is 11.2. The predicted octanol–water partition coefficient (Wildman–Crippen LogP) is 7.22. The zero-order valence-electron chi connectivity index (χ0n) is 19.1. The molecule has 1 aromatic heterocycles. The van der Waals surface area contributed by atoms with Crippen molar-refractivity contribution in [1.82, 2.24) is 9.88 Å². The zero-order chi connectivity index (χ0) is 22.7. The molecule has 0 unspecified atom stereocenters. The van der Waals surface area contributed by atoms with Gasteiger partial charge in [-0.1, -0.05) is 72.3 Å². The van der Waals surface area contributed by atoms with Crippen LogP contribution in [0.25, 0.3) is 10.9 Å². The molecule has 4 heteroatoms. The molecule has 0 amide bonds. The Balaban J connectivity index is 1.26. The average Bonchev–Trinajstić information content (AvgIpc) is 2.85. The Morgan fingerprint density at radius 3 is 2.27 bits per heavy atom. The van der Waals surface area contributed by atoms with Crippen LogP contribution in [0, 0.1) is 0 Å². The Morgan fingerprint density at radius 2 is 1.48 bits per heavy atom. The Kier molecular flexibility index (Phi) is 8.74. The van der Waals surface area contributed by atoms with Gasteiger partial charge < -0.3 is 5.32 Å². The van der Waals surface area contributed by atoms with Crippen molar-refractivity contribution in [2.75, 3.05) is 25.0 Å². The lowest BCUT2D eigenvalue weighted by Crippen LogP contribution is -2.26. The third-order valence-electron chi connectivity index (χ3n) is 5.95. The summed E-state index contributed by atoms with van der Waals surface area (Å²) in [6.07, 6.45) is 6.45. The van der Waals surface area contributed by atoms with E-state index in [2.05, 4.69) is 75.9 Å². The zero-order valence-corrected chi connectivity index (χ0v) is 19.8. The fraction of sp³-hybridized carbons (Fsp3) is 0.276. The van der Waals surface area contributed by atoms with E-state index in [0.29, 0.717) is 0 Å². The van der Waals surface area contributed by atoms with Crippen molar-refractivity contribution in [2.45, 2.75) is 32.2 Å². The van der Waals surface area contributed by atoms with Crippen LogP contribution in [0.3, 0.4) is 0 Å². The molecular formula is C29H32ClN3. The first-order chi connectivity index (χ1) is 16.3. The lowest BCUT2D eigenvalue weighted by Gasteiger charge is -2.22. The first-order valence-electron chi connectivity index (χ1n) is 11.9. The van der Waals surface area contributed by atoms with Gasteiger partial charge in [-0.2, -0.15) is 0 Å². The molecule has 3 nitrogen and oxygen atoms in total. The molecule has 33 heavy (non-hydrogen) atoms. The van der Waals surface area contributed by atoms with E-state index < -0.39 is 0 Å². The highest BCUT2D eigenvalue weighted by atomic mass is 35.5. The van der Waals surface area contributed by atoms with Gasteiger partial charge in [0.05, 0.1) is 5.52 Å². The molecule has 170 valence electrons. The van der Waals surface area contributed by atoms with E-state index in [1.54, 1.807) is 0 Å². The van der Waals surface area contributed by atoms with Gasteiger partial charge in [-0.3, -0.25) is 9.88 Å². The molecule has 0 aliphatic heterocycles. The highest BCUT2D eigenvalue weighted by molar-refractivity contribution is 6.31. The lowest BCUT2D eigenvalue weighted by atomic mass is 10.1. The minimum Gasteiger partial charge on any atom is -0.384 e. The Morgan fingerprint density at radius 1 is 0.758 bits per heavy atom. The van der Waals surface area contributed by atoms with Crippen LogP contribution in [0.1, 0.15) is 30.4 Å². The minimum atomic E-state index is 0.720. The highest BCUT2D eigenvalue weighted by Crippen LogP contribution is 2.24. The fourth-order valence-electron chi connectivity index (χ4n) is 4.22.